The van der Waals surface area contributed by atoms with E-state index in [0.29, 0.717) is 5.75 Å². The highest BCUT2D eigenvalue weighted by atomic mass is 32.2. The van der Waals surface area contributed by atoms with Gasteiger partial charge in [0.05, 0.1) is 17.8 Å². The normalized spacial score (nSPS) is 24.9. The van der Waals surface area contributed by atoms with E-state index in [1.807, 2.05) is 6.20 Å². The molecule has 0 aromatic carbocycles. The molecule has 2 rings (SSSR count). The average Bonchev–Trinajstić information content (AvgIpc) is 2.61. The van der Waals surface area contributed by atoms with E-state index in [0.717, 1.165) is 18.5 Å². The first-order chi connectivity index (χ1) is 7.16. The van der Waals surface area contributed by atoms with Gasteiger partial charge in [-0.25, -0.2) is 4.68 Å². The van der Waals surface area contributed by atoms with Crippen molar-refractivity contribution in [3.05, 3.63) is 11.9 Å². The Morgan fingerprint density at radius 1 is 1.73 bits per heavy atom. The quantitative estimate of drug-likeness (QED) is 0.825. The van der Waals surface area contributed by atoms with E-state index in [2.05, 4.69) is 10.3 Å². The van der Waals surface area contributed by atoms with E-state index >= 15 is 0 Å². The number of carbonyl (C=O) groups is 1. The zero-order chi connectivity index (χ0) is 10.8. The molecule has 82 valence electrons. The van der Waals surface area contributed by atoms with Gasteiger partial charge >= 0.3 is 0 Å². The lowest BCUT2D eigenvalue weighted by Gasteiger charge is -2.31. The summed E-state index contributed by atoms with van der Waals surface area (Å²) >= 11 is 1.22. The minimum absolute atomic E-state index is 0.0771. The van der Waals surface area contributed by atoms with Gasteiger partial charge in [-0.15, -0.1) is 5.10 Å². The molecule has 1 aromatic heterocycles. The summed E-state index contributed by atoms with van der Waals surface area (Å²) in [5, 5.41) is 17.4. The van der Waals surface area contributed by atoms with Crippen LogP contribution in [-0.4, -0.2) is 31.3 Å². The molecular formula is C9H13N3O2S. The van der Waals surface area contributed by atoms with Crippen LogP contribution >= 0.6 is 11.8 Å². The number of hydrogen-bond donors (Lipinski definition) is 1. The van der Waals surface area contributed by atoms with Crippen LogP contribution in [0.4, 0.5) is 0 Å². The predicted molar refractivity (Wildman–Crippen MR) is 56.3 cm³/mol. The maximum Gasteiger partial charge on any atom is 0.186 e. The summed E-state index contributed by atoms with van der Waals surface area (Å²) in [5.41, 5.74) is 0.786. The summed E-state index contributed by atoms with van der Waals surface area (Å²) in [4.78, 5) is 10.7. The lowest BCUT2D eigenvalue weighted by molar-refractivity contribution is -0.109. The molecule has 0 radical (unpaired) electrons. The Hall–Kier alpha value is -0.880. The number of aromatic nitrogens is 3. The van der Waals surface area contributed by atoms with Crippen LogP contribution < -0.4 is 0 Å². The van der Waals surface area contributed by atoms with E-state index in [1.165, 1.54) is 18.7 Å². The van der Waals surface area contributed by atoms with Gasteiger partial charge in [0, 0.05) is 18.9 Å². The van der Waals surface area contributed by atoms with E-state index in [1.54, 1.807) is 4.68 Å². The maximum absolute atomic E-state index is 10.7. The van der Waals surface area contributed by atoms with Crippen LogP contribution in [0.25, 0.3) is 0 Å². The smallest absolute Gasteiger partial charge is 0.186 e. The van der Waals surface area contributed by atoms with Crippen LogP contribution in [0, 0.1) is 0 Å². The van der Waals surface area contributed by atoms with Crippen LogP contribution in [0.15, 0.2) is 6.20 Å². The van der Waals surface area contributed by atoms with Crippen molar-refractivity contribution in [3.63, 3.8) is 0 Å². The van der Waals surface area contributed by atoms with Gasteiger partial charge in [0.25, 0.3) is 0 Å². The van der Waals surface area contributed by atoms with Gasteiger partial charge < -0.3 is 5.11 Å². The maximum atomic E-state index is 10.7. The fourth-order valence-electron chi connectivity index (χ4n) is 1.49. The molecule has 1 saturated carbocycles. The number of aliphatic hydroxyl groups is 1. The Kier molecular flexibility index (Phi) is 3.06. The first kappa shape index (κ1) is 10.6. The largest absolute Gasteiger partial charge is 0.391 e. The van der Waals surface area contributed by atoms with E-state index in [9.17, 15) is 9.90 Å². The van der Waals surface area contributed by atoms with E-state index in [4.69, 9.17) is 0 Å². The Labute approximate surface area is 91.9 Å². The minimum Gasteiger partial charge on any atom is -0.391 e. The molecule has 2 unspecified atom stereocenters. The van der Waals surface area contributed by atoms with Crippen LogP contribution in [0.3, 0.4) is 0 Å². The van der Waals surface area contributed by atoms with Crippen molar-refractivity contribution in [1.82, 2.24) is 15.0 Å². The molecule has 15 heavy (non-hydrogen) atoms. The van der Waals surface area contributed by atoms with Crippen LogP contribution in [0.1, 0.15) is 31.5 Å². The van der Waals surface area contributed by atoms with E-state index < -0.39 is 0 Å². The lowest BCUT2D eigenvalue weighted by Crippen LogP contribution is -2.33. The molecule has 0 amide bonds. The highest BCUT2D eigenvalue weighted by Crippen LogP contribution is 2.31. The minimum atomic E-state index is -0.292. The van der Waals surface area contributed by atoms with Crippen molar-refractivity contribution < 1.29 is 9.90 Å². The Morgan fingerprint density at radius 3 is 3.07 bits per heavy atom. The Bertz CT molecular complexity index is 366. The molecule has 0 spiro atoms. The highest BCUT2D eigenvalue weighted by molar-refractivity contribution is 8.12. The van der Waals surface area contributed by atoms with Gasteiger partial charge in [-0.1, -0.05) is 17.0 Å². The number of aliphatic hydroxyl groups excluding tert-OH is 1. The molecule has 1 heterocycles. The Balaban J connectivity index is 1.95. The van der Waals surface area contributed by atoms with Crippen molar-refractivity contribution in [2.75, 3.05) is 0 Å². The number of rotatable bonds is 3. The molecule has 1 aliphatic rings. The number of carbonyl (C=O) groups excluding carboxylic acids is 1. The van der Waals surface area contributed by atoms with Crippen molar-refractivity contribution >= 4 is 16.9 Å². The van der Waals surface area contributed by atoms with Crippen molar-refractivity contribution in [2.45, 2.75) is 37.7 Å². The van der Waals surface area contributed by atoms with Gasteiger partial charge in [0.2, 0.25) is 0 Å². The van der Waals surface area contributed by atoms with Crippen LogP contribution in [0.5, 0.6) is 0 Å². The first-order valence-corrected chi connectivity index (χ1v) is 5.87. The standard InChI is InChI=1S/C9H13N3O2S/c1-6(13)15-5-7-4-12(11-10-7)8-2-3-9(8)14/h4,8-9,14H,2-3,5H2,1H3. The summed E-state index contributed by atoms with van der Waals surface area (Å²) in [6.45, 7) is 1.53. The fourth-order valence-corrected chi connectivity index (χ4v) is 1.97. The van der Waals surface area contributed by atoms with Gasteiger partial charge in [-0.3, -0.25) is 4.79 Å². The van der Waals surface area contributed by atoms with Crippen LogP contribution in [-0.2, 0) is 10.5 Å². The summed E-state index contributed by atoms with van der Waals surface area (Å²) in [5.74, 6) is 0.554. The molecule has 2 atom stereocenters. The molecule has 6 heteroatoms. The van der Waals surface area contributed by atoms with E-state index in [-0.39, 0.29) is 17.3 Å². The van der Waals surface area contributed by atoms with Gasteiger partial charge in [0.15, 0.2) is 5.12 Å². The predicted octanol–water partition coefficient (Wildman–Crippen LogP) is 0.754. The third-order valence-corrected chi connectivity index (χ3v) is 3.37. The average molecular weight is 227 g/mol. The second kappa shape index (κ2) is 4.32. The molecule has 0 saturated heterocycles. The number of thioether (sulfide) groups is 1. The van der Waals surface area contributed by atoms with Gasteiger partial charge in [-0.05, 0) is 12.8 Å². The summed E-state index contributed by atoms with van der Waals surface area (Å²) in [6.07, 6.45) is 3.30. The molecule has 1 aromatic rings. The Morgan fingerprint density at radius 2 is 2.53 bits per heavy atom. The van der Waals surface area contributed by atoms with Crippen LogP contribution in [0.2, 0.25) is 0 Å². The first-order valence-electron chi connectivity index (χ1n) is 4.89. The number of hydrogen-bond acceptors (Lipinski definition) is 5. The van der Waals surface area contributed by atoms with Gasteiger partial charge in [0.1, 0.15) is 0 Å². The third kappa shape index (κ3) is 2.38. The zero-order valence-corrected chi connectivity index (χ0v) is 9.28. The number of nitrogens with zero attached hydrogens (tertiary/aromatic N) is 3. The van der Waals surface area contributed by atoms with Crippen molar-refractivity contribution in [1.29, 1.82) is 0 Å². The van der Waals surface area contributed by atoms with Crippen molar-refractivity contribution in [2.24, 2.45) is 0 Å². The fraction of sp³-hybridized carbons (Fsp3) is 0.667. The topological polar surface area (TPSA) is 68.0 Å². The molecule has 0 bridgehead atoms. The van der Waals surface area contributed by atoms with Crippen molar-refractivity contribution in [3.8, 4) is 0 Å². The zero-order valence-electron chi connectivity index (χ0n) is 8.46. The molecule has 1 fully saturated rings. The molecule has 1 N–H and O–H groups in total. The molecule has 5 nitrogen and oxygen atoms in total. The second-order valence-electron chi connectivity index (χ2n) is 3.68. The monoisotopic (exact) mass is 227 g/mol. The molecule has 0 aliphatic heterocycles. The molecular weight excluding hydrogens is 214 g/mol. The summed E-state index contributed by atoms with van der Waals surface area (Å²) in [6, 6.07) is 0.0774. The SMILES string of the molecule is CC(=O)SCc1cn(C2CCC2O)nn1. The second-order valence-corrected chi connectivity index (χ2v) is 4.83. The summed E-state index contributed by atoms with van der Waals surface area (Å²) in [7, 11) is 0. The molecule has 1 aliphatic carbocycles. The summed E-state index contributed by atoms with van der Waals surface area (Å²) < 4.78 is 1.70. The van der Waals surface area contributed by atoms with Gasteiger partial charge in [-0.2, -0.15) is 0 Å². The third-order valence-electron chi connectivity index (χ3n) is 2.52. The highest BCUT2D eigenvalue weighted by Gasteiger charge is 2.31. The lowest BCUT2D eigenvalue weighted by atomic mass is 9.89.